The molecule has 6 heteroatoms. The van der Waals surface area contributed by atoms with Crippen molar-refractivity contribution >= 4 is 23.3 Å². The molecule has 2 N–H and O–H groups in total. The summed E-state index contributed by atoms with van der Waals surface area (Å²) >= 11 is 2.88. The van der Waals surface area contributed by atoms with Crippen molar-refractivity contribution in [3.05, 3.63) is 35.4 Å². The van der Waals surface area contributed by atoms with Gasteiger partial charge in [0.25, 0.3) is 0 Å². The fourth-order valence-corrected chi connectivity index (χ4v) is 3.38. The Morgan fingerprint density at radius 1 is 1.47 bits per heavy atom. The highest BCUT2D eigenvalue weighted by molar-refractivity contribution is 8.01. The van der Waals surface area contributed by atoms with Crippen molar-refractivity contribution in [3.63, 3.8) is 0 Å². The fourth-order valence-electron chi connectivity index (χ4n) is 1.65. The highest BCUT2D eigenvalue weighted by atomic mass is 32.2. The normalized spacial score (nSPS) is 12.6. The summed E-state index contributed by atoms with van der Waals surface area (Å²) in [5, 5.41) is 0. The molecule has 3 nitrogen and oxygen atoms in total. The number of nitrogens with two attached hydrogens (primary N) is 1. The fraction of sp³-hybridized carbons (Fsp3) is 0.385. The number of hydrogen-bond acceptors (Lipinski definition) is 5. The SMILES string of the molecule is CCC(N)Cc1cc(F)ccc1Sc1nc(C)ns1. The second-order valence-corrected chi connectivity index (χ2v) is 6.37. The molecular weight excluding hydrogens is 281 g/mol. The van der Waals surface area contributed by atoms with Gasteiger partial charge >= 0.3 is 0 Å². The lowest BCUT2D eigenvalue weighted by Crippen LogP contribution is -2.21. The van der Waals surface area contributed by atoms with Crippen LogP contribution in [0.5, 0.6) is 0 Å². The number of nitrogens with zero attached hydrogens (tertiary/aromatic N) is 2. The van der Waals surface area contributed by atoms with Crippen molar-refractivity contribution in [2.75, 3.05) is 0 Å². The molecule has 1 unspecified atom stereocenters. The van der Waals surface area contributed by atoms with Gasteiger partial charge in [-0.3, -0.25) is 0 Å². The minimum absolute atomic E-state index is 0.0531. The van der Waals surface area contributed by atoms with Gasteiger partial charge in [-0.1, -0.05) is 18.7 Å². The molecule has 0 aliphatic carbocycles. The van der Waals surface area contributed by atoms with Gasteiger partial charge in [-0.2, -0.15) is 4.37 Å². The summed E-state index contributed by atoms with van der Waals surface area (Å²) in [6.07, 6.45) is 1.55. The van der Waals surface area contributed by atoms with Gasteiger partial charge in [0.05, 0.1) is 0 Å². The van der Waals surface area contributed by atoms with E-state index in [1.807, 2.05) is 13.8 Å². The van der Waals surface area contributed by atoms with Gasteiger partial charge in [-0.25, -0.2) is 9.37 Å². The lowest BCUT2D eigenvalue weighted by atomic mass is 10.0. The Bertz CT molecular complexity index is 557. The quantitative estimate of drug-likeness (QED) is 0.919. The molecule has 1 aromatic carbocycles. The van der Waals surface area contributed by atoms with E-state index < -0.39 is 0 Å². The average Bonchev–Trinajstić information content (AvgIpc) is 2.78. The maximum absolute atomic E-state index is 13.4. The van der Waals surface area contributed by atoms with E-state index in [9.17, 15) is 4.39 Å². The largest absolute Gasteiger partial charge is 0.327 e. The van der Waals surface area contributed by atoms with Crippen molar-refractivity contribution in [1.82, 2.24) is 9.36 Å². The lowest BCUT2D eigenvalue weighted by Gasteiger charge is -2.12. The summed E-state index contributed by atoms with van der Waals surface area (Å²) in [6.45, 7) is 3.89. The molecule has 19 heavy (non-hydrogen) atoms. The first-order chi connectivity index (χ1) is 9.08. The Balaban J connectivity index is 2.23. The molecule has 1 atom stereocenters. The van der Waals surface area contributed by atoms with E-state index in [0.717, 1.165) is 27.0 Å². The molecule has 2 aromatic rings. The third-order valence-electron chi connectivity index (χ3n) is 2.74. The molecule has 0 saturated heterocycles. The summed E-state index contributed by atoms with van der Waals surface area (Å²) < 4.78 is 18.4. The molecule has 0 bridgehead atoms. The van der Waals surface area contributed by atoms with E-state index in [1.165, 1.54) is 29.4 Å². The second-order valence-electron chi connectivity index (χ2n) is 4.33. The van der Waals surface area contributed by atoms with E-state index in [4.69, 9.17) is 5.73 Å². The highest BCUT2D eigenvalue weighted by Crippen LogP contribution is 2.32. The topological polar surface area (TPSA) is 51.8 Å². The lowest BCUT2D eigenvalue weighted by molar-refractivity contribution is 0.609. The molecule has 0 aliphatic rings. The zero-order chi connectivity index (χ0) is 13.8. The molecule has 1 aromatic heterocycles. The Morgan fingerprint density at radius 3 is 2.89 bits per heavy atom. The number of aromatic nitrogens is 2. The first kappa shape index (κ1) is 14.4. The Hall–Kier alpha value is -0.980. The van der Waals surface area contributed by atoms with Gasteiger partial charge < -0.3 is 5.73 Å². The van der Waals surface area contributed by atoms with Crippen LogP contribution in [0.3, 0.4) is 0 Å². The number of benzene rings is 1. The standard InChI is InChI=1S/C13H16FN3S2/c1-3-11(15)7-9-6-10(14)4-5-12(9)18-13-16-8(2)17-19-13/h4-6,11H,3,7,15H2,1-2H3. The van der Waals surface area contributed by atoms with Crippen molar-refractivity contribution in [2.45, 2.75) is 42.0 Å². The Kier molecular flexibility index (Phi) is 4.90. The van der Waals surface area contributed by atoms with E-state index in [1.54, 1.807) is 12.1 Å². The predicted octanol–water partition coefficient (Wildman–Crippen LogP) is 3.42. The van der Waals surface area contributed by atoms with Crippen LogP contribution in [-0.2, 0) is 6.42 Å². The van der Waals surface area contributed by atoms with Crippen LogP contribution in [-0.4, -0.2) is 15.4 Å². The Morgan fingerprint density at radius 2 is 2.26 bits per heavy atom. The van der Waals surface area contributed by atoms with E-state index in [2.05, 4.69) is 9.36 Å². The third kappa shape index (κ3) is 3.99. The second kappa shape index (κ2) is 6.45. The Labute approximate surface area is 120 Å². The molecule has 0 spiro atoms. The van der Waals surface area contributed by atoms with E-state index in [0.29, 0.717) is 6.42 Å². The van der Waals surface area contributed by atoms with Gasteiger partial charge in [0.15, 0.2) is 4.34 Å². The number of rotatable bonds is 5. The molecule has 0 fully saturated rings. The number of halogens is 1. The summed E-state index contributed by atoms with van der Waals surface area (Å²) in [6, 6.07) is 4.87. The molecule has 1 heterocycles. The molecule has 0 saturated carbocycles. The average molecular weight is 297 g/mol. The van der Waals surface area contributed by atoms with Crippen LogP contribution < -0.4 is 5.73 Å². The zero-order valence-electron chi connectivity index (χ0n) is 10.9. The van der Waals surface area contributed by atoms with E-state index in [-0.39, 0.29) is 11.9 Å². The van der Waals surface area contributed by atoms with Crippen LogP contribution in [0.25, 0.3) is 0 Å². The van der Waals surface area contributed by atoms with Crippen LogP contribution in [0, 0.1) is 12.7 Å². The van der Waals surface area contributed by atoms with Gasteiger partial charge in [0, 0.05) is 10.9 Å². The summed E-state index contributed by atoms with van der Waals surface area (Å²) in [5.74, 6) is 0.539. The first-order valence-electron chi connectivity index (χ1n) is 6.10. The van der Waals surface area contributed by atoms with Gasteiger partial charge in [-0.15, -0.1) is 0 Å². The van der Waals surface area contributed by atoms with Crippen LogP contribution in [0.2, 0.25) is 0 Å². The van der Waals surface area contributed by atoms with Crippen molar-refractivity contribution in [2.24, 2.45) is 5.73 Å². The maximum atomic E-state index is 13.4. The third-order valence-corrected chi connectivity index (χ3v) is 4.70. The minimum Gasteiger partial charge on any atom is -0.327 e. The molecule has 0 amide bonds. The molecule has 102 valence electrons. The van der Waals surface area contributed by atoms with Crippen LogP contribution >= 0.6 is 23.3 Å². The molecule has 0 aliphatic heterocycles. The maximum Gasteiger partial charge on any atom is 0.174 e. The van der Waals surface area contributed by atoms with Crippen molar-refractivity contribution in [3.8, 4) is 0 Å². The monoisotopic (exact) mass is 297 g/mol. The minimum atomic E-state index is -0.226. The summed E-state index contributed by atoms with van der Waals surface area (Å²) in [5.41, 5.74) is 6.90. The van der Waals surface area contributed by atoms with Gasteiger partial charge in [0.2, 0.25) is 0 Å². The van der Waals surface area contributed by atoms with Crippen molar-refractivity contribution < 1.29 is 4.39 Å². The predicted molar refractivity (Wildman–Crippen MR) is 77.1 cm³/mol. The number of hydrogen-bond donors (Lipinski definition) is 1. The highest BCUT2D eigenvalue weighted by Gasteiger charge is 2.11. The van der Waals surface area contributed by atoms with E-state index >= 15 is 0 Å². The summed E-state index contributed by atoms with van der Waals surface area (Å²) in [7, 11) is 0. The summed E-state index contributed by atoms with van der Waals surface area (Å²) in [4.78, 5) is 5.32. The smallest absolute Gasteiger partial charge is 0.174 e. The molecule has 0 radical (unpaired) electrons. The first-order valence-corrected chi connectivity index (χ1v) is 7.69. The molecule has 2 rings (SSSR count). The molecular formula is C13H16FN3S2. The van der Waals surface area contributed by atoms with Gasteiger partial charge in [-0.05, 0) is 55.1 Å². The zero-order valence-corrected chi connectivity index (χ0v) is 12.5. The van der Waals surface area contributed by atoms with Crippen LogP contribution in [0.15, 0.2) is 27.4 Å². The number of aryl methyl sites for hydroxylation is 1. The van der Waals surface area contributed by atoms with Gasteiger partial charge in [0.1, 0.15) is 11.6 Å². The van der Waals surface area contributed by atoms with Crippen LogP contribution in [0.4, 0.5) is 4.39 Å². The van der Waals surface area contributed by atoms with Crippen molar-refractivity contribution in [1.29, 1.82) is 0 Å². The van der Waals surface area contributed by atoms with Crippen LogP contribution in [0.1, 0.15) is 24.7 Å².